The zero-order chi connectivity index (χ0) is 19.1. The van der Waals surface area contributed by atoms with Gasteiger partial charge in [-0.2, -0.15) is 0 Å². The third-order valence-electron chi connectivity index (χ3n) is 6.07. The van der Waals surface area contributed by atoms with Crippen molar-refractivity contribution in [1.29, 1.82) is 0 Å². The summed E-state index contributed by atoms with van der Waals surface area (Å²) in [6.45, 7) is 3.71. The van der Waals surface area contributed by atoms with Crippen molar-refractivity contribution in [3.05, 3.63) is 42.5 Å². The van der Waals surface area contributed by atoms with E-state index >= 15 is 4.39 Å². The molecule has 3 fully saturated rings. The number of benzene rings is 1. The number of halogens is 1. The first-order chi connectivity index (χ1) is 13.7. The third kappa shape index (κ3) is 3.13. The molecule has 6 nitrogen and oxygen atoms in total. The van der Waals surface area contributed by atoms with Crippen LogP contribution in [0.15, 0.2) is 36.7 Å². The molecule has 1 atom stereocenters. The Morgan fingerprint density at radius 3 is 2.39 bits per heavy atom. The first kappa shape index (κ1) is 17.6. The predicted octanol–water partition coefficient (Wildman–Crippen LogP) is 2.17. The Kier molecular flexibility index (Phi) is 4.47. The summed E-state index contributed by atoms with van der Waals surface area (Å²) in [7, 11) is 0. The van der Waals surface area contributed by atoms with E-state index in [1.165, 1.54) is 6.33 Å². The molecule has 1 aliphatic carbocycles. The molecule has 7 heteroatoms. The van der Waals surface area contributed by atoms with Gasteiger partial charge in [-0.25, -0.2) is 14.4 Å². The Labute approximate surface area is 164 Å². The summed E-state index contributed by atoms with van der Waals surface area (Å²) in [5.41, 5.74) is 1.08. The molecule has 0 bridgehead atoms. The maximum absolute atomic E-state index is 15.1. The minimum atomic E-state index is -0.376. The first-order valence-electron chi connectivity index (χ1n) is 10.1. The largest absolute Gasteiger partial charge is 0.352 e. The highest BCUT2D eigenvalue weighted by Gasteiger charge is 2.43. The standard InChI is InChI=1S/C21H24FN5O/c22-18-19(15-4-2-1-3-5-15)23-14-24-20(18)26-12-10-25(11-13-26)17-8-9-27(21(17)28)16-6-7-16/h1-5,14,16-17H,6-13H2. The number of piperazine rings is 1. The van der Waals surface area contributed by atoms with Gasteiger partial charge in [0.1, 0.15) is 12.0 Å². The molecule has 2 aliphatic heterocycles. The molecule has 5 rings (SSSR count). The number of carbonyl (C=O) groups is 1. The number of likely N-dealkylation sites (tertiary alicyclic amines) is 1. The van der Waals surface area contributed by atoms with Gasteiger partial charge in [0.05, 0.1) is 6.04 Å². The molecule has 0 spiro atoms. The van der Waals surface area contributed by atoms with Crippen molar-refractivity contribution in [3.8, 4) is 11.3 Å². The van der Waals surface area contributed by atoms with Crippen molar-refractivity contribution in [2.45, 2.75) is 31.3 Å². The van der Waals surface area contributed by atoms with Crippen molar-refractivity contribution >= 4 is 11.7 Å². The fraction of sp³-hybridized carbons (Fsp3) is 0.476. The second kappa shape index (κ2) is 7.13. The van der Waals surface area contributed by atoms with E-state index in [9.17, 15) is 4.79 Å². The lowest BCUT2D eigenvalue weighted by Gasteiger charge is -2.37. The highest BCUT2D eigenvalue weighted by atomic mass is 19.1. The summed E-state index contributed by atoms with van der Waals surface area (Å²) in [6, 6.07) is 9.84. The number of nitrogens with zero attached hydrogens (tertiary/aromatic N) is 5. The van der Waals surface area contributed by atoms with Gasteiger partial charge in [-0.15, -0.1) is 0 Å². The van der Waals surface area contributed by atoms with E-state index in [1.807, 2.05) is 35.2 Å². The van der Waals surface area contributed by atoms with Gasteiger partial charge in [0.2, 0.25) is 5.91 Å². The highest BCUT2D eigenvalue weighted by Crippen LogP contribution is 2.33. The summed E-state index contributed by atoms with van der Waals surface area (Å²) in [5, 5.41) is 0. The Hall–Kier alpha value is -2.54. The quantitative estimate of drug-likeness (QED) is 0.813. The molecular weight excluding hydrogens is 357 g/mol. The van der Waals surface area contributed by atoms with E-state index in [0.29, 0.717) is 30.6 Å². The van der Waals surface area contributed by atoms with Crippen LogP contribution in [0.5, 0.6) is 0 Å². The fourth-order valence-corrected chi connectivity index (χ4v) is 4.40. The number of hydrogen-bond acceptors (Lipinski definition) is 5. The molecule has 1 amide bonds. The summed E-state index contributed by atoms with van der Waals surface area (Å²) in [6.07, 6.45) is 4.66. The van der Waals surface area contributed by atoms with Crippen LogP contribution < -0.4 is 4.90 Å². The second-order valence-electron chi connectivity index (χ2n) is 7.82. The van der Waals surface area contributed by atoms with Crippen LogP contribution in [0.3, 0.4) is 0 Å². The molecule has 0 radical (unpaired) electrons. The minimum Gasteiger partial charge on any atom is -0.352 e. The van der Waals surface area contributed by atoms with Crippen molar-refractivity contribution in [2.24, 2.45) is 0 Å². The maximum atomic E-state index is 15.1. The topological polar surface area (TPSA) is 52.6 Å². The molecule has 1 aromatic carbocycles. The van der Waals surface area contributed by atoms with Crippen molar-refractivity contribution in [3.63, 3.8) is 0 Å². The van der Waals surface area contributed by atoms with Crippen molar-refractivity contribution in [1.82, 2.24) is 19.8 Å². The SMILES string of the molecule is O=C1C(N2CCN(c3ncnc(-c4ccccc4)c3F)CC2)CCN1C1CC1. The van der Waals surface area contributed by atoms with Crippen molar-refractivity contribution < 1.29 is 9.18 Å². The summed E-state index contributed by atoms with van der Waals surface area (Å²) >= 11 is 0. The zero-order valence-electron chi connectivity index (χ0n) is 15.8. The Morgan fingerprint density at radius 2 is 1.68 bits per heavy atom. The Bertz CT molecular complexity index is 864. The molecule has 0 N–H and O–H groups in total. The number of amides is 1. The van der Waals surface area contributed by atoms with E-state index < -0.39 is 0 Å². The Morgan fingerprint density at radius 1 is 0.929 bits per heavy atom. The number of aromatic nitrogens is 2. The lowest BCUT2D eigenvalue weighted by atomic mass is 10.1. The number of carbonyl (C=O) groups excluding carboxylic acids is 1. The van der Waals surface area contributed by atoms with Crippen LogP contribution in [0.1, 0.15) is 19.3 Å². The van der Waals surface area contributed by atoms with E-state index in [2.05, 4.69) is 19.8 Å². The van der Waals surface area contributed by atoms with Crippen LogP contribution in [0.25, 0.3) is 11.3 Å². The van der Waals surface area contributed by atoms with Crippen LogP contribution in [-0.2, 0) is 4.79 Å². The molecule has 2 aromatic rings. The van der Waals surface area contributed by atoms with Crippen LogP contribution in [-0.4, -0.2) is 70.5 Å². The monoisotopic (exact) mass is 381 g/mol. The molecule has 3 aliphatic rings. The molecule has 1 aromatic heterocycles. The molecule has 2 saturated heterocycles. The normalized spacial score (nSPS) is 23.5. The lowest BCUT2D eigenvalue weighted by molar-refractivity contribution is -0.132. The van der Waals surface area contributed by atoms with Gasteiger partial charge in [-0.3, -0.25) is 9.69 Å². The van der Waals surface area contributed by atoms with Crippen LogP contribution >= 0.6 is 0 Å². The second-order valence-corrected chi connectivity index (χ2v) is 7.82. The van der Waals surface area contributed by atoms with Gasteiger partial charge in [0, 0.05) is 44.3 Å². The fourth-order valence-electron chi connectivity index (χ4n) is 4.40. The molecule has 3 heterocycles. The van der Waals surface area contributed by atoms with E-state index in [4.69, 9.17) is 0 Å². The van der Waals surface area contributed by atoms with Gasteiger partial charge < -0.3 is 9.80 Å². The first-order valence-corrected chi connectivity index (χ1v) is 10.1. The van der Waals surface area contributed by atoms with Gasteiger partial charge in [-0.05, 0) is 19.3 Å². The van der Waals surface area contributed by atoms with E-state index in [1.54, 1.807) is 0 Å². The van der Waals surface area contributed by atoms with Crippen molar-refractivity contribution in [2.75, 3.05) is 37.6 Å². The van der Waals surface area contributed by atoms with Gasteiger partial charge in [0.25, 0.3) is 0 Å². The van der Waals surface area contributed by atoms with Gasteiger partial charge in [0.15, 0.2) is 11.6 Å². The summed E-state index contributed by atoms with van der Waals surface area (Å²) in [5.74, 6) is 0.264. The number of anilines is 1. The third-order valence-corrected chi connectivity index (χ3v) is 6.07. The molecule has 1 unspecified atom stereocenters. The minimum absolute atomic E-state index is 0.00197. The average molecular weight is 381 g/mol. The van der Waals surface area contributed by atoms with E-state index in [-0.39, 0.29) is 17.8 Å². The van der Waals surface area contributed by atoms with Crippen LogP contribution in [0.4, 0.5) is 10.2 Å². The molecule has 1 saturated carbocycles. The highest BCUT2D eigenvalue weighted by molar-refractivity contribution is 5.84. The van der Waals surface area contributed by atoms with E-state index in [0.717, 1.165) is 44.5 Å². The predicted molar refractivity (Wildman–Crippen MR) is 104 cm³/mol. The lowest BCUT2D eigenvalue weighted by Crippen LogP contribution is -2.53. The average Bonchev–Trinajstić information content (AvgIpc) is 3.51. The molecule has 28 heavy (non-hydrogen) atoms. The molecule has 146 valence electrons. The molecular formula is C21H24FN5O. The zero-order valence-corrected chi connectivity index (χ0v) is 15.8. The number of hydrogen-bond donors (Lipinski definition) is 0. The van der Waals surface area contributed by atoms with Crippen LogP contribution in [0, 0.1) is 5.82 Å². The van der Waals surface area contributed by atoms with Gasteiger partial charge in [-0.1, -0.05) is 30.3 Å². The Balaban J connectivity index is 1.28. The smallest absolute Gasteiger partial charge is 0.240 e. The summed E-state index contributed by atoms with van der Waals surface area (Å²) < 4.78 is 15.1. The summed E-state index contributed by atoms with van der Waals surface area (Å²) in [4.78, 5) is 27.3. The maximum Gasteiger partial charge on any atom is 0.240 e. The van der Waals surface area contributed by atoms with Crippen LogP contribution in [0.2, 0.25) is 0 Å². The number of rotatable bonds is 4. The van der Waals surface area contributed by atoms with Gasteiger partial charge >= 0.3 is 0 Å².